The van der Waals surface area contributed by atoms with Crippen molar-refractivity contribution in [2.75, 3.05) is 5.75 Å². The fourth-order valence-corrected chi connectivity index (χ4v) is 3.44. The summed E-state index contributed by atoms with van der Waals surface area (Å²) in [6.45, 7) is 1.87. The average molecular weight is 274 g/mol. The zero-order chi connectivity index (χ0) is 12.9. The van der Waals surface area contributed by atoms with Crippen molar-refractivity contribution in [1.29, 1.82) is 0 Å². The largest absolute Gasteiger partial charge is 0.465 e. The van der Waals surface area contributed by atoms with Crippen molar-refractivity contribution in [2.24, 2.45) is 0 Å². The first kappa shape index (κ1) is 11.8. The van der Waals surface area contributed by atoms with Crippen LogP contribution in [0.1, 0.15) is 6.92 Å². The minimum absolute atomic E-state index is 0.250. The van der Waals surface area contributed by atoms with Gasteiger partial charge in [0.05, 0.1) is 5.70 Å². The van der Waals surface area contributed by atoms with E-state index >= 15 is 0 Å². The fourth-order valence-electron chi connectivity index (χ4n) is 2.13. The molecule has 2 saturated heterocycles. The molecule has 3 aliphatic rings. The molecule has 9 heteroatoms. The van der Waals surface area contributed by atoms with Crippen LogP contribution in [0, 0.1) is 0 Å². The number of carbonyl (C=O) groups excluding carboxylic acids is 1. The standard InChI is InChI=1S/C9H10N2O6S/c1-3-2-18-7-4(10-9(13)14)6(12)11(7)5(3)8-15-17-16-8/h4,7-8,10H,2H2,1H3,(H,13,14)/t4-,7-/m1/s1. The van der Waals surface area contributed by atoms with Gasteiger partial charge in [-0.05, 0) is 12.5 Å². The molecule has 2 fully saturated rings. The van der Waals surface area contributed by atoms with Gasteiger partial charge >= 0.3 is 6.09 Å². The lowest BCUT2D eigenvalue weighted by atomic mass is 10.0. The van der Waals surface area contributed by atoms with Crippen molar-refractivity contribution in [1.82, 2.24) is 10.2 Å². The molecule has 0 unspecified atom stereocenters. The van der Waals surface area contributed by atoms with Crippen LogP contribution in [0.15, 0.2) is 11.3 Å². The maximum absolute atomic E-state index is 11.9. The summed E-state index contributed by atoms with van der Waals surface area (Å²) in [6, 6.07) is -0.711. The van der Waals surface area contributed by atoms with Gasteiger partial charge in [0, 0.05) is 5.75 Å². The Hall–Kier alpha value is -1.29. The van der Waals surface area contributed by atoms with Crippen molar-refractivity contribution in [2.45, 2.75) is 24.6 Å². The van der Waals surface area contributed by atoms with Gasteiger partial charge in [0.2, 0.25) is 0 Å². The number of nitrogens with one attached hydrogen (secondary N) is 1. The Morgan fingerprint density at radius 3 is 2.83 bits per heavy atom. The molecule has 0 aromatic rings. The summed E-state index contributed by atoms with van der Waals surface area (Å²) in [5, 5.41) is 14.8. The molecular formula is C9H10N2O6S. The number of carboxylic acid groups (broad SMARTS) is 1. The van der Waals surface area contributed by atoms with E-state index in [1.165, 1.54) is 16.7 Å². The van der Waals surface area contributed by atoms with Gasteiger partial charge in [-0.25, -0.2) is 4.79 Å². The molecule has 0 bridgehead atoms. The van der Waals surface area contributed by atoms with E-state index in [0.717, 1.165) is 5.57 Å². The summed E-state index contributed by atoms with van der Waals surface area (Å²) < 4.78 is 0. The van der Waals surface area contributed by atoms with Gasteiger partial charge in [0.1, 0.15) is 11.4 Å². The van der Waals surface area contributed by atoms with Crippen molar-refractivity contribution >= 4 is 23.8 Å². The van der Waals surface area contributed by atoms with E-state index in [2.05, 4.69) is 10.4 Å². The SMILES string of the molecule is CC1=C(C2OOO2)N2C(=O)[C@@H](NC(=O)O)[C@H]2SC1. The van der Waals surface area contributed by atoms with Crippen molar-refractivity contribution < 1.29 is 29.5 Å². The zero-order valence-electron chi connectivity index (χ0n) is 9.28. The first-order valence-electron chi connectivity index (χ1n) is 5.22. The predicted octanol–water partition coefficient (Wildman–Crippen LogP) is 0.0312. The molecule has 18 heavy (non-hydrogen) atoms. The van der Waals surface area contributed by atoms with Crippen LogP contribution in [0.5, 0.6) is 0 Å². The maximum Gasteiger partial charge on any atom is 0.405 e. The lowest BCUT2D eigenvalue weighted by molar-refractivity contribution is -0.683. The fraction of sp³-hybridized carbons (Fsp3) is 0.556. The minimum atomic E-state index is -1.21. The molecule has 0 radical (unpaired) electrons. The second kappa shape index (κ2) is 4.12. The number of rotatable bonds is 2. The smallest absolute Gasteiger partial charge is 0.405 e. The van der Waals surface area contributed by atoms with Crippen molar-refractivity contribution in [3.63, 3.8) is 0 Å². The lowest BCUT2D eigenvalue weighted by Gasteiger charge is -2.51. The monoisotopic (exact) mass is 274 g/mol. The topological polar surface area (TPSA) is 97.3 Å². The molecule has 98 valence electrons. The predicted molar refractivity (Wildman–Crippen MR) is 57.8 cm³/mol. The summed E-state index contributed by atoms with van der Waals surface area (Å²) in [5.74, 6) is 0.383. The zero-order valence-corrected chi connectivity index (χ0v) is 10.1. The molecule has 0 saturated carbocycles. The van der Waals surface area contributed by atoms with E-state index in [0.29, 0.717) is 11.4 Å². The Morgan fingerprint density at radius 1 is 1.56 bits per heavy atom. The number of thioether (sulfide) groups is 1. The highest BCUT2D eigenvalue weighted by molar-refractivity contribution is 8.00. The average Bonchev–Trinajstić information content (AvgIpc) is 2.25. The Balaban J connectivity index is 1.81. The van der Waals surface area contributed by atoms with Gasteiger partial charge in [-0.3, -0.25) is 9.69 Å². The van der Waals surface area contributed by atoms with Crippen LogP contribution in [0.3, 0.4) is 0 Å². The van der Waals surface area contributed by atoms with E-state index in [1.807, 2.05) is 6.92 Å². The molecule has 3 aliphatic heterocycles. The third-order valence-corrected chi connectivity index (χ3v) is 4.39. The summed E-state index contributed by atoms with van der Waals surface area (Å²) in [4.78, 5) is 33.5. The second-order valence-electron chi connectivity index (χ2n) is 4.09. The normalized spacial score (nSPS) is 31.6. The number of β-lactam (4-membered cyclic amide) rings is 1. The van der Waals surface area contributed by atoms with Gasteiger partial charge in [-0.2, -0.15) is 9.78 Å². The molecule has 0 aromatic heterocycles. The van der Waals surface area contributed by atoms with E-state index in [9.17, 15) is 9.59 Å². The Kier molecular flexibility index (Phi) is 2.70. The van der Waals surface area contributed by atoms with Crippen LogP contribution < -0.4 is 5.32 Å². The summed E-state index contributed by atoms with van der Waals surface area (Å²) in [6.07, 6.45) is -1.91. The van der Waals surface area contributed by atoms with Crippen LogP contribution in [-0.4, -0.2) is 45.5 Å². The van der Waals surface area contributed by atoms with E-state index in [1.54, 1.807) is 0 Å². The number of hydrogen-bond acceptors (Lipinski definition) is 6. The molecule has 0 aliphatic carbocycles. The molecule has 2 N–H and O–H groups in total. The Morgan fingerprint density at radius 2 is 2.28 bits per heavy atom. The van der Waals surface area contributed by atoms with Crippen LogP contribution >= 0.6 is 11.8 Å². The van der Waals surface area contributed by atoms with Gasteiger partial charge < -0.3 is 10.4 Å². The van der Waals surface area contributed by atoms with Crippen LogP contribution in [0.2, 0.25) is 0 Å². The highest BCUT2D eigenvalue weighted by atomic mass is 32.2. The number of carbonyl (C=O) groups is 2. The molecule has 3 heterocycles. The molecule has 0 spiro atoms. The van der Waals surface area contributed by atoms with Gasteiger partial charge in [-0.1, -0.05) is 5.04 Å². The summed E-state index contributed by atoms with van der Waals surface area (Å²) in [5.41, 5.74) is 1.56. The number of fused-ring (bicyclic) bond motifs is 1. The molecule has 0 aromatic carbocycles. The molecule has 2 amide bonds. The molecule has 8 nitrogen and oxygen atoms in total. The first-order valence-corrected chi connectivity index (χ1v) is 6.27. The third-order valence-electron chi connectivity index (χ3n) is 2.97. The molecular weight excluding hydrogens is 264 g/mol. The summed E-state index contributed by atoms with van der Waals surface area (Å²) >= 11 is 1.50. The third kappa shape index (κ3) is 1.59. The van der Waals surface area contributed by atoms with Gasteiger partial charge in [-0.15, -0.1) is 11.8 Å². The maximum atomic E-state index is 11.9. The number of amides is 2. The van der Waals surface area contributed by atoms with Crippen LogP contribution in [0.25, 0.3) is 0 Å². The Bertz CT molecular complexity index is 448. The van der Waals surface area contributed by atoms with Crippen LogP contribution in [-0.2, 0) is 19.6 Å². The van der Waals surface area contributed by atoms with E-state index in [-0.39, 0.29) is 11.3 Å². The molecule has 2 atom stereocenters. The van der Waals surface area contributed by atoms with Crippen molar-refractivity contribution in [3.8, 4) is 0 Å². The van der Waals surface area contributed by atoms with Gasteiger partial charge in [0.25, 0.3) is 12.2 Å². The second-order valence-corrected chi connectivity index (χ2v) is 5.20. The van der Waals surface area contributed by atoms with Crippen molar-refractivity contribution in [3.05, 3.63) is 11.3 Å². The Labute approximate surface area is 106 Å². The quantitative estimate of drug-likeness (QED) is 0.541. The first-order chi connectivity index (χ1) is 8.59. The van der Waals surface area contributed by atoms with E-state index < -0.39 is 18.4 Å². The summed E-state index contributed by atoms with van der Waals surface area (Å²) in [7, 11) is 0. The highest BCUT2D eigenvalue weighted by Gasteiger charge is 2.55. The van der Waals surface area contributed by atoms with E-state index in [4.69, 9.17) is 14.9 Å². The number of nitrogens with zero attached hydrogens (tertiary/aromatic N) is 1. The minimum Gasteiger partial charge on any atom is -0.465 e. The highest BCUT2D eigenvalue weighted by Crippen LogP contribution is 2.43. The number of hydrogen-bond donors (Lipinski definition) is 2. The lowest BCUT2D eigenvalue weighted by Crippen LogP contribution is -2.71. The molecule has 3 rings (SSSR count). The van der Waals surface area contributed by atoms with Gasteiger partial charge in [0.15, 0.2) is 0 Å². The van der Waals surface area contributed by atoms with Crippen LogP contribution in [0.4, 0.5) is 4.79 Å².